The van der Waals surface area contributed by atoms with Gasteiger partial charge < -0.3 is 10.6 Å². The highest BCUT2D eigenvalue weighted by Crippen LogP contribution is 2.28. The molecule has 80 valence electrons. The van der Waals surface area contributed by atoms with Crippen LogP contribution in [0.4, 0.5) is 11.4 Å². The van der Waals surface area contributed by atoms with E-state index in [1.54, 1.807) is 0 Å². The van der Waals surface area contributed by atoms with E-state index in [2.05, 4.69) is 0 Å². The van der Waals surface area contributed by atoms with Crippen LogP contribution in [0.25, 0.3) is 0 Å². The summed E-state index contributed by atoms with van der Waals surface area (Å²) in [6.45, 7) is 2.74. The summed E-state index contributed by atoms with van der Waals surface area (Å²) in [5.41, 5.74) is 8.76. The van der Waals surface area contributed by atoms with Crippen LogP contribution in [0.2, 0.25) is 0 Å². The van der Waals surface area contributed by atoms with Crippen LogP contribution in [0.5, 0.6) is 0 Å². The van der Waals surface area contributed by atoms with Crippen molar-refractivity contribution in [3.63, 3.8) is 0 Å². The largest absolute Gasteiger partial charge is 0.399 e. The number of nitrogens with zero attached hydrogens (tertiary/aromatic N) is 1. The lowest BCUT2D eigenvalue weighted by Crippen LogP contribution is -2.29. The summed E-state index contributed by atoms with van der Waals surface area (Å²) in [5.74, 6) is 0.223. The minimum atomic E-state index is 0.223. The zero-order valence-electron chi connectivity index (χ0n) is 8.99. The number of carbonyl (C=O) groups is 1. The number of nitrogens with two attached hydrogens (primary N) is 1. The first-order valence-electron chi connectivity index (χ1n) is 5.41. The van der Waals surface area contributed by atoms with Gasteiger partial charge in [-0.05, 0) is 43.5 Å². The average molecular weight is 204 g/mol. The molecule has 0 spiro atoms. The van der Waals surface area contributed by atoms with Crippen LogP contribution in [-0.4, -0.2) is 12.5 Å². The molecule has 2 N–H and O–H groups in total. The SMILES string of the molecule is CCN1C(=O)CCCc2cc(N)ccc21. The number of aryl methyl sites for hydroxylation is 1. The lowest BCUT2D eigenvalue weighted by Gasteiger charge is -2.21. The van der Waals surface area contributed by atoms with Crippen molar-refractivity contribution in [2.75, 3.05) is 17.2 Å². The van der Waals surface area contributed by atoms with Crippen LogP contribution in [0.1, 0.15) is 25.3 Å². The Bertz CT molecular complexity index is 387. The molecule has 0 fully saturated rings. The molecule has 1 amide bonds. The molecule has 0 radical (unpaired) electrons. The molecule has 3 heteroatoms. The highest BCUT2D eigenvalue weighted by molar-refractivity contribution is 5.95. The molecule has 0 aromatic heterocycles. The molecule has 1 aromatic rings. The fraction of sp³-hybridized carbons (Fsp3) is 0.417. The van der Waals surface area contributed by atoms with E-state index < -0.39 is 0 Å². The first-order chi connectivity index (χ1) is 7.22. The Morgan fingerprint density at radius 1 is 1.40 bits per heavy atom. The van der Waals surface area contributed by atoms with Crippen molar-refractivity contribution in [3.8, 4) is 0 Å². The summed E-state index contributed by atoms with van der Waals surface area (Å²) in [4.78, 5) is 13.6. The van der Waals surface area contributed by atoms with Gasteiger partial charge in [0.05, 0.1) is 0 Å². The standard InChI is InChI=1S/C12H16N2O/c1-2-14-11-7-6-10(13)8-9(11)4-3-5-12(14)15/h6-8H,2-5,13H2,1H3. The van der Waals surface area contributed by atoms with Crippen molar-refractivity contribution in [2.24, 2.45) is 0 Å². The van der Waals surface area contributed by atoms with E-state index >= 15 is 0 Å². The third-order valence-electron chi connectivity index (χ3n) is 2.85. The molecule has 0 unspecified atom stereocenters. The van der Waals surface area contributed by atoms with Gasteiger partial charge in [-0.1, -0.05) is 0 Å². The zero-order valence-corrected chi connectivity index (χ0v) is 8.99. The quantitative estimate of drug-likeness (QED) is 0.711. The van der Waals surface area contributed by atoms with E-state index in [4.69, 9.17) is 5.73 Å². The minimum Gasteiger partial charge on any atom is -0.399 e. The third-order valence-corrected chi connectivity index (χ3v) is 2.85. The first kappa shape index (κ1) is 10.0. The number of fused-ring (bicyclic) bond motifs is 1. The molecule has 0 saturated carbocycles. The summed E-state index contributed by atoms with van der Waals surface area (Å²) in [6.07, 6.45) is 2.51. The minimum absolute atomic E-state index is 0.223. The normalized spacial score (nSPS) is 16.1. The van der Waals surface area contributed by atoms with E-state index in [9.17, 15) is 4.79 Å². The topological polar surface area (TPSA) is 46.3 Å². The highest BCUT2D eigenvalue weighted by Gasteiger charge is 2.20. The number of carbonyl (C=O) groups excluding carboxylic acids is 1. The predicted molar refractivity (Wildman–Crippen MR) is 61.8 cm³/mol. The fourth-order valence-electron chi connectivity index (χ4n) is 2.12. The number of hydrogen-bond acceptors (Lipinski definition) is 2. The number of benzene rings is 1. The van der Waals surface area contributed by atoms with Crippen LogP contribution in [-0.2, 0) is 11.2 Å². The number of nitrogen functional groups attached to an aromatic ring is 1. The van der Waals surface area contributed by atoms with Gasteiger partial charge in [-0.3, -0.25) is 4.79 Å². The predicted octanol–water partition coefficient (Wildman–Crippen LogP) is 1.96. The number of rotatable bonds is 1. The summed E-state index contributed by atoms with van der Waals surface area (Å²) >= 11 is 0. The van der Waals surface area contributed by atoms with Gasteiger partial charge in [-0.25, -0.2) is 0 Å². The molecule has 2 rings (SSSR count). The Balaban J connectivity index is 2.47. The molecule has 1 aliphatic rings. The smallest absolute Gasteiger partial charge is 0.226 e. The second-order valence-corrected chi connectivity index (χ2v) is 3.88. The molecule has 0 saturated heterocycles. The van der Waals surface area contributed by atoms with E-state index in [0.717, 1.165) is 30.8 Å². The summed E-state index contributed by atoms with van der Waals surface area (Å²) in [6, 6.07) is 5.80. The van der Waals surface area contributed by atoms with Crippen molar-refractivity contribution in [2.45, 2.75) is 26.2 Å². The van der Waals surface area contributed by atoms with E-state index in [-0.39, 0.29) is 5.91 Å². The summed E-state index contributed by atoms with van der Waals surface area (Å²) < 4.78 is 0. The van der Waals surface area contributed by atoms with Crippen LogP contribution in [0.15, 0.2) is 18.2 Å². The van der Waals surface area contributed by atoms with Gasteiger partial charge >= 0.3 is 0 Å². The molecule has 1 aromatic carbocycles. The molecule has 0 bridgehead atoms. The number of hydrogen-bond donors (Lipinski definition) is 1. The maximum atomic E-state index is 11.8. The van der Waals surface area contributed by atoms with E-state index in [0.29, 0.717) is 6.42 Å². The lowest BCUT2D eigenvalue weighted by molar-refractivity contribution is -0.118. The van der Waals surface area contributed by atoms with Gasteiger partial charge in [0.15, 0.2) is 0 Å². The van der Waals surface area contributed by atoms with E-state index in [1.807, 2.05) is 30.0 Å². The van der Waals surface area contributed by atoms with Crippen molar-refractivity contribution < 1.29 is 4.79 Å². The molecular formula is C12H16N2O. The van der Waals surface area contributed by atoms with Gasteiger partial charge in [-0.15, -0.1) is 0 Å². The Labute approximate surface area is 89.9 Å². The monoisotopic (exact) mass is 204 g/mol. The summed E-state index contributed by atoms with van der Waals surface area (Å²) in [7, 11) is 0. The van der Waals surface area contributed by atoms with Gasteiger partial charge in [0.2, 0.25) is 5.91 Å². The van der Waals surface area contributed by atoms with Crippen LogP contribution in [0, 0.1) is 0 Å². The average Bonchev–Trinajstić information content (AvgIpc) is 2.36. The maximum Gasteiger partial charge on any atom is 0.226 e. The molecule has 0 atom stereocenters. The zero-order chi connectivity index (χ0) is 10.8. The Morgan fingerprint density at radius 2 is 2.20 bits per heavy atom. The first-order valence-corrected chi connectivity index (χ1v) is 5.41. The van der Waals surface area contributed by atoms with Crippen molar-refractivity contribution >= 4 is 17.3 Å². The Morgan fingerprint density at radius 3 is 2.93 bits per heavy atom. The Hall–Kier alpha value is -1.51. The number of anilines is 2. The van der Waals surface area contributed by atoms with Crippen LogP contribution >= 0.6 is 0 Å². The molecule has 15 heavy (non-hydrogen) atoms. The Kier molecular flexibility index (Phi) is 2.62. The van der Waals surface area contributed by atoms with Gasteiger partial charge in [0.25, 0.3) is 0 Å². The second-order valence-electron chi connectivity index (χ2n) is 3.88. The van der Waals surface area contributed by atoms with Gasteiger partial charge in [0, 0.05) is 24.3 Å². The van der Waals surface area contributed by atoms with Crippen LogP contribution < -0.4 is 10.6 Å². The maximum absolute atomic E-state index is 11.8. The molecule has 1 aliphatic heterocycles. The van der Waals surface area contributed by atoms with Crippen LogP contribution in [0.3, 0.4) is 0 Å². The number of amides is 1. The fourth-order valence-corrected chi connectivity index (χ4v) is 2.12. The van der Waals surface area contributed by atoms with Gasteiger partial charge in [-0.2, -0.15) is 0 Å². The lowest BCUT2D eigenvalue weighted by atomic mass is 10.1. The van der Waals surface area contributed by atoms with Crippen molar-refractivity contribution in [1.82, 2.24) is 0 Å². The molecule has 1 heterocycles. The van der Waals surface area contributed by atoms with Crippen molar-refractivity contribution in [1.29, 1.82) is 0 Å². The molecule has 3 nitrogen and oxygen atoms in total. The second kappa shape index (κ2) is 3.93. The van der Waals surface area contributed by atoms with E-state index in [1.165, 1.54) is 5.56 Å². The van der Waals surface area contributed by atoms with Gasteiger partial charge in [0.1, 0.15) is 0 Å². The molecular weight excluding hydrogens is 188 g/mol. The highest BCUT2D eigenvalue weighted by atomic mass is 16.2. The molecule has 0 aliphatic carbocycles. The van der Waals surface area contributed by atoms with Crippen molar-refractivity contribution in [3.05, 3.63) is 23.8 Å². The third kappa shape index (κ3) is 1.82. The summed E-state index contributed by atoms with van der Waals surface area (Å²) in [5, 5.41) is 0.